The minimum atomic E-state index is -0.882. The molecule has 0 bridgehead atoms. The molecule has 2 amide bonds. The summed E-state index contributed by atoms with van der Waals surface area (Å²) in [6, 6.07) is 3.45. The van der Waals surface area contributed by atoms with Gasteiger partial charge in [-0.25, -0.2) is 4.39 Å². The highest BCUT2D eigenvalue weighted by Crippen LogP contribution is 2.44. The van der Waals surface area contributed by atoms with Crippen LogP contribution in [0.1, 0.15) is 12.8 Å². The van der Waals surface area contributed by atoms with E-state index in [0.717, 1.165) is 25.0 Å². The maximum absolute atomic E-state index is 12.8. The molecule has 0 saturated heterocycles. The van der Waals surface area contributed by atoms with Gasteiger partial charge >= 0.3 is 11.8 Å². The van der Waals surface area contributed by atoms with Crippen LogP contribution in [0.3, 0.4) is 0 Å². The number of hydrogen-bond donors (Lipinski definition) is 3. The molecule has 1 fully saturated rings. The topological polar surface area (TPSA) is 78.4 Å². The third-order valence-corrected chi connectivity index (χ3v) is 3.61. The number of aliphatic hydroxyl groups excluding tert-OH is 1. The smallest absolute Gasteiger partial charge is 0.313 e. The number of hydrogen-bond acceptors (Lipinski definition) is 3. The van der Waals surface area contributed by atoms with Crippen LogP contribution in [-0.2, 0) is 9.59 Å². The number of benzene rings is 1. The Morgan fingerprint density at radius 2 is 2.05 bits per heavy atom. The minimum Gasteiger partial charge on any atom is -0.396 e. The highest BCUT2D eigenvalue weighted by atomic mass is 35.5. The SMILES string of the molecule is O=C(NCC1(CO)CC1)C(=O)Nc1ccc(F)cc1Cl. The van der Waals surface area contributed by atoms with E-state index >= 15 is 0 Å². The normalized spacial score (nSPS) is 15.6. The second-order valence-electron chi connectivity index (χ2n) is 4.92. The van der Waals surface area contributed by atoms with E-state index in [0.29, 0.717) is 0 Å². The van der Waals surface area contributed by atoms with Crippen LogP contribution in [0.2, 0.25) is 5.02 Å². The quantitative estimate of drug-likeness (QED) is 0.734. The molecular weight excluding hydrogens is 287 g/mol. The van der Waals surface area contributed by atoms with Crippen LogP contribution in [0.25, 0.3) is 0 Å². The number of halogens is 2. The van der Waals surface area contributed by atoms with Crippen molar-refractivity contribution in [1.82, 2.24) is 5.32 Å². The standard InChI is InChI=1S/C13H14ClFN2O3/c14-9-5-8(15)1-2-10(9)17-12(20)11(19)16-6-13(7-18)3-4-13/h1-2,5,18H,3-4,6-7H2,(H,16,19)(H,17,20). The fraction of sp³-hybridized carbons (Fsp3) is 0.385. The molecule has 1 aliphatic carbocycles. The summed E-state index contributed by atoms with van der Waals surface area (Å²) in [4.78, 5) is 23.2. The van der Waals surface area contributed by atoms with Crippen LogP contribution >= 0.6 is 11.6 Å². The van der Waals surface area contributed by atoms with E-state index in [9.17, 15) is 14.0 Å². The monoisotopic (exact) mass is 300 g/mol. The summed E-state index contributed by atoms with van der Waals surface area (Å²) in [5.41, 5.74) is -0.111. The Morgan fingerprint density at radius 3 is 2.60 bits per heavy atom. The molecule has 7 heteroatoms. The van der Waals surface area contributed by atoms with E-state index in [1.807, 2.05) is 0 Å². The van der Waals surface area contributed by atoms with Crippen LogP contribution in [0.15, 0.2) is 18.2 Å². The van der Waals surface area contributed by atoms with Gasteiger partial charge in [-0.2, -0.15) is 0 Å². The number of nitrogens with one attached hydrogen (secondary N) is 2. The van der Waals surface area contributed by atoms with Crippen molar-refractivity contribution in [3.05, 3.63) is 29.0 Å². The van der Waals surface area contributed by atoms with Crippen molar-refractivity contribution in [3.8, 4) is 0 Å². The van der Waals surface area contributed by atoms with Crippen molar-refractivity contribution in [2.24, 2.45) is 5.41 Å². The Kier molecular flexibility index (Phi) is 4.25. The zero-order chi connectivity index (χ0) is 14.8. The molecule has 0 aromatic heterocycles. The minimum absolute atomic E-state index is 0.0140. The van der Waals surface area contributed by atoms with E-state index < -0.39 is 17.6 Å². The lowest BCUT2D eigenvalue weighted by Crippen LogP contribution is -2.39. The summed E-state index contributed by atoms with van der Waals surface area (Å²) in [5, 5.41) is 13.9. The van der Waals surface area contributed by atoms with Crippen LogP contribution in [0.4, 0.5) is 10.1 Å². The summed E-state index contributed by atoms with van der Waals surface area (Å²) >= 11 is 5.74. The lowest BCUT2D eigenvalue weighted by Gasteiger charge is -2.12. The van der Waals surface area contributed by atoms with Gasteiger partial charge in [0.25, 0.3) is 0 Å². The molecule has 1 saturated carbocycles. The van der Waals surface area contributed by atoms with Gasteiger partial charge in [0.2, 0.25) is 0 Å². The zero-order valence-corrected chi connectivity index (χ0v) is 11.3. The first-order valence-electron chi connectivity index (χ1n) is 6.11. The van der Waals surface area contributed by atoms with Crippen molar-refractivity contribution in [1.29, 1.82) is 0 Å². The van der Waals surface area contributed by atoms with Gasteiger partial charge in [-0.05, 0) is 31.0 Å². The highest BCUT2D eigenvalue weighted by molar-refractivity contribution is 6.41. The molecule has 5 nitrogen and oxygen atoms in total. The fourth-order valence-corrected chi connectivity index (χ4v) is 1.90. The molecule has 0 radical (unpaired) electrons. The molecule has 20 heavy (non-hydrogen) atoms. The third kappa shape index (κ3) is 3.46. The molecule has 0 heterocycles. The van der Waals surface area contributed by atoms with Crippen molar-refractivity contribution in [3.63, 3.8) is 0 Å². The highest BCUT2D eigenvalue weighted by Gasteiger charge is 2.42. The first-order valence-corrected chi connectivity index (χ1v) is 6.49. The van der Waals surface area contributed by atoms with Crippen LogP contribution in [0.5, 0.6) is 0 Å². The Balaban J connectivity index is 1.89. The second kappa shape index (κ2) is 5.76. The van der Waals surface area contributed by atoms with E-state index in [2.05, 4.69) is 10.6 Å². The average molecular weight is 301 g/mol. The Morgan fingerprint density at radius 1 is 1.35 bits per heavy atom. The molecule has 0 unspecified atom stereocenters. The fourth-order valence-electron chi connectivity index (χ4n) is 1.69. The Labute approximate surface area is 120 Å². The first kappa shape index (κ1) is 14.7. The molecule has 108 valence electrons. The summed E-state index contributed by atoms with van der Waals surface area (Å²) in [5.74, 6) is -2.23. The maximum Gasteiger partial charge on any atom is 0.313 e. The second-order valence-corrected chi connectivity index (χ2v) is 5.33. The third-order valence-electron chi connectivity index (χ3n) is 3.30. The van der Waals surface area contributed by atoms with E-state index in [-0.39, 0.29) is 29.3 Å². The van der Waals surface area contributed by atoms with Gasteiger partial charge in [-0.1, -0.05) is 11.6 Å². The summed E-state index contributed by atoms with van der Waals surface area (Å²) in [7, 11) is 0. The van der Waals surface area contributed by atoms with Crippen LogP contribution in [0, 0.1) is 11.2 Å². The number of rotatable bonds is 4. The van der Waals surface area contributed by atoms with Gasteiger partial charge in [0.05, 0.1) is 17.3 Å². The van der Waals surface area contributed by atoms with E-state index in [1.165, 1.54) is 6.07 Å². The lowest BCUT2D eigenvalue weighted by molar-refractivity contribution is -0.136. The molecule has 0 aliphatic heterocycles. The number of carbonyl (C=O) groups excluding carboxylic acids is 2. The Bertz CT molecular complexity index is 546. The van der Waals surface area contributed by atoms with Gasteiger partial charge in [-0.15, -0.1) is 0 Å². The summed E-state index contributed by atoms with van der Waals surface area (Å²) in [6.07, 6.45) is 1.66. The molecule has 1 aromatic carbocycles. The predicted molar refractivity (Wildman–Crippen MR) is 71.8 cm³/mol. The molecule has 2 rings (SSSR count). The molecule has 0 spiro atoms. The van der Waals surface area contributed by atoms with Crippen molar-refractivity contribution >= 4 is 29.1 Å². The first-order chi connectivity index (χ1) is 9.46. The zero-order valence-electron chi connectivity index (χ0n) is 10.6. The van der Waals surface area contributed by atoms with Gasteiger partial charge in [0.1, 0.15) is 5.82 Å². The average Bonchev–Trinajstić information content (AvgIpc) is 3.20. The summed E-state index contributed by atoms with van der Waals surface area (Å²) < 4.78 is 12.8. The predicted octanol–water partition coefficient (Wildman–Crippen LogP) is 1.31. The van der Waals surface area contributed by atoms with Crippen molar-refractivity contribution in [2.45, 2.75) is 12.8 Å². The molecule has 3 N–H and O–H groups in total. The van der Waals surface area contributed by atoms with Crippen LogP contribution < -0.4 is 10.6 Å². The number of aliphatic hydroxyl groups is 1. The van der Waals surface area contributed by atoms with Gasteiger partial charge in [-0.3, -0.25) is 9.59 Å². The van der Waals surface area contributed by atoms with Crippen molar-refractivity contribution in [2.75, 3.05) is 18.5 Å². The molecule has 0 atom stereocenters. The van der Waals surface area contributed by atoms with E-state index in [4.69, 9.17) is 16.7 Å². The Hall–Kier alpha value is -1.66. The van der Waals surface area contributed by atoms with Crippen LogP contribution in [-0.4, -0.2) is 30.1 Å². The maximum atomic E-state index is 12.8. The lowest BCUT2D eigenvalue weighted by atomic mass is 10.1. The van der Waals surface area contributed by atoms with Gasteiger partial charge in [0.15, 0.2) is 0 Å². The molecular formula is C13H14ClFN2O3. The number of carbonyl (C=O) groups is 2. The molecule has 1 aromatic rings. The van der Waals surface area contributed by atoms with Crippen molar-refractivity contribution < 1.29 is 19.1 Å². The largest absolute Gasteiger partial charge is 0.396 e. The van der Waals surface area contributed by atoms with Gasteiger partial charge < -0.3 is 15.7 Å². The number of anilines is 1. The number of amides is 2. The van der Waals surface area contributed by atoms with E-state index in [1.54, 1.807) is 0 Å². The molecule has 1 aliphatic rings. The van der Waals surface area contributed by atoms with Gasteiger partial charge in [0, 0.05) is 12.0 Å². The summed E-state index contributed by atoms with van der Waals surface area (Å²) in [6.45, 7) is 0.242.